The highest BCUT2D eigenvalue weighted by molar-refractivity contribution is 7.80. The van der Waals surface area contributed by atoms with Gasteiger partial charge in [-0.15, -0.1) is 0 Å². The topological polar surface area (TPSA) is 26.3 Å². The lowest BCUT2D eigenvalue weighted by Gasteiger charge is -2.19. The number of cyclic esters (lactones) is 1. The molecule has 0 saturated heterocycles. The van der Waals surface area contributed by atoms with Gasteiger partial charge in [0.1, 0.15) is 6.10 Å². The minimum atomic E-state index is -0.227. The molecular weight excluding hydrogens is 184 g/mol. The van der Waals surface area contributed by atoms with Crippen molar-refractivity contribution in [1.82, 2.24) is 0 Å². The van der Waals surface area contributed by atoms with E-state index in [2.05, 4.69) is 12.6 Å². The molecule has 0 radical (unpaired) electrons. The van der Waals surface area contributed by atoms with E-state index in [1.54, 1.807) is 0 Å². The van der Waals surface area contributed by atoms with Crippen LogP contribution in [0.3, 0.4) is 0 Å². The van der Waals surface area contributed by atoms with Crippen LogP contribution in [0.25, 0.3) is 0 Å². The molecule has 1 aliphatic rings. The van der Waals surface area contributed by atoms with Gasteiger partial charge in [0, 0.05) is 17.7 Å². The number of ether oxygens (including phenoxy) is 1. The highest BCUT2D eigenvalue weighted by atomic mass is 32.1. The Labute approximate surface area is 85.8 Å². The van der Waals surface area contributed by atoms with Gasteiger partial charge in [-0.1, -0.05) is 26.8 Å². The van der Waals surface area contributed by atoms with E-state index in [4.69, 9.17) is 4.74 Å². The van der Waals surface area contributed by atoms with Crippen molar-refractivity contribution >= 4 is 18.6 Å². The maximum atomic E-state index is 10.7. The summed E-state index contributed by atoms with van der Waals surface area (Å²) in [5, 5.41) is 0.291. The Balaban J connectivity index is 0.000000671. The van der Waals surface area contributed by atoms with Crippen molar-refractivity contribution in [2.24, 2.45) is 0 Å². The summed E-state index contributed by atoms with van der Waals surface area (Å²) < 4.78 is 5.02. The van der Waals surface area contributed by atoms with Crippen molar-refractivity contribution in [3.05, 3.63) is 12.2 Å². The van der Waals surface area contributed by atoms with Gasteiger partial charge in [-0.3, -0.25) is 0 Å². The van der Waals surface area contributed by atoms with Crippen molar-refractivity contribution in [3.8, 4) is 0 Å². The average molecular weight is 202 g/mol. The van der Waals surface area contributed by atoms with Gasteiger partial charge in [-0.05, 0) is 6.42 Å². The SMILES string of the molecule is CC.CC(S)C[C@H]1CC=CC(=O)O1. The Kier molecular flexibility index (Phi) is 6.77. The molecule has 13 heavy (non-hydrogen) atoms. The molecule has 0 fully saturated rings. The molecule has 1 heterocycles. The summed E-state index contributed by atoms with van der Waals surface area (Å²) in [5.74, 6) is -0.227. The molecule has 1 unspecified atom stereocenters. The Morgan fingerprint density at radius 3 is 2.77 bits per heavy atom. The van der Waals surface area contributed by atoms with E-state index in [0.29, 0.717) is 5.25 Å². The second kappa shape index (κ2) is 7.01. The Hall–Kier alpha value is -0.440. The highest BCUT2D eigenvalue weighted by Crippen LogP contribution is 2.15. The van der Waals surface area contributed by atoms with Crippen LogP contribution in [0.15, 0.2) is 12.2 Å². The predicted molar refractivity (Wildman–Crippen MR) is 58.1 cm³/mol. The summed E-state index contributed by atoms with van der Waals surface area (Å²) in [6.45, 7) is 6.00. The average Bonchev–Trinajstić information content (AvgIpc) is 2.06. The predicted octanol–water partition coefficient (Wildman–Crippen LogP) is 2.59. The Morgan fingerprint density at radius 2 is 2.31 bits per heavy atom. The first kappa shape index (κ1) is 12.6. The number of esters is 1. The molecule has 3 heteroatoms. The van der Waals surface area contributed by atoms with Gasteiger partial charge in [0.2, 0.25) is 0 Å². The second-order valence-corrected chi connectivity index (χ2v) is 3.66. The molecule has 1 rings (SSSR count). The fourth-order valence-electron chi connectivity index (χ4n) is 1.09. The standard InChI is InChI=1S/C8H12O2S.C2H6/c1-6(11)5-7-3-2-4-8(9)10-7;1-2/h2,4,6-7,11H,3,5H2,1H3;1-2H3/t6?,7-;/m1./s1. The van der Waals surface area contributed by atoms with E-state index < -0.39 is 0 Å². The fraction of sp³-hybridized carbons (Fsp3) is 0.700. The Bertz CT molecular complexity index is 176. The van der Waals surface area contributed by atoms with Crippen molar-refractivity contribution in [3.63, 3.8) is 0 Å². The molecular formula is C10H18O2S. The summed E-state index contributed by atoms with van der Waals surface area (Å²) in [4.78, 5) is 10.7. The number of rotatable bonds is 2. The third kappa shape index (κ3) is 5.75. The van der Waals surface area contributed by atoms with Crippen LogP contribution in [-0.4, -0.2) is 17.3 Å². The van der Waals surface area contributed by atoms with Crippen LogP contribution in [0.5, 0.6) is 0 Å². The maximum Gasteiger partial charge on any atom is 0.330 e. The summed E-state index contributed by atoms with van der Waals surface area (Å²) in [6.07, 6.45) is 5.03. The largest absolute Gasteiger partial charge is 0.459 e. The summed E-state index contributed by atoms with van der Waals surface area (Å²) >= 11 is 4.22. The highest BCUT2D eigenvalue weighted by Gasteiger charge is 2.16. The molecule has 0 aliphatic carbocycles. The molecule has 76 valence electrons. The van der Waals surface area contributed by atoms with Gasteiger partial charge >= 0.3 is 5.97 Å². The molecule has 0 bridgehead atoms. The van der Waals surface area contributed by atoms with E-state index >= 15 is 0 Å². The van der Waals surface area contributed by atoms with E-state index in [0.717, 1.165) is 12.8 Å². The van der Waals surface area contributed by atoms with Gasteiger partial charge in [0.25, 0.3) is 0 Å². The van der Waals surface area contributed by atoms with Crippen LogP contribution < -0.4 is 0 Å². The fourth-order valence-corrected chi connectivity index (χ4v) is 1.33. The van der Waals surface area contributed by atoms with Gasteiger partial charge in [0.05, 0.1) is 0 Å². The quantitative estimate of drug-likeness (QED) is 0.550. The molecule has 0 N–H and O–H groups in total. The van der Waals surface area contributed by atoms with Crippen molar-refractivity contribution in [1.29, 1.82) is 0 Å². The third-order valence-electron chi connectivity index (χ3n) is 1.54. The van der Waals surface area contributed by atoms with Crippen LogP contribution in [0, 0.1) is 0 Å². The van der Waals surface area contributed by atoms with E-state index in [9.17, 15) is 4.79 Å². The van der Waals surface area contributed by atoms with Crippen LogP contribution >= 0.6 is 12.6 Å². The van der Waals surface area contributed by atoms with E-state index in [-0.39, 0.29) is 12.1 Å². The normalized spacial score (nSPS) is 22.8. The first-order chi connectivity index (χ1) is 6.18. The molecule has 2 nitrogen and oxygen atoms in total. The lowest BCUT2D eigenvalue weighted by atomic mass is 10.1. The molecule has 2 atom stereocenters. The molecule has 0 spiro atoms. The summed E-state index contributed by atoms with van der Waals surface area (Å²) in [5.41, 5.74) is 0. The lowest BCUT2D eigenvalue weighted by Crippen LogP contribution is -2.22. The number of hydrogen-bond donors (Lipinski definition) is 1. The van der Waals surface area contributed by atoms with Gasteiger partial charge < -0.3 is 4.74 Å². The zero-order valence-corrected chi connectivity index (χ0v) is 9.38. The van der Waals surface area contributed by atoms with E-state index in [1.165, 1.54) is 6.08 Å². The molecule has 1 aliphatic heterocycles. The van der Waals surface area contributed by atoms with Crippen molar-refractivity contribution in [2.75, 3.05) is 0 Å². The first-order valence-electron chi connectivity index (χ1n) is 4.73. The van der Waals surface area contributed by atoms with Crippen LogP contribution in [-0.2, 0) is 9.53 Å². The lowest BCUT2D eigenvalue weighted by molar-refractivity contribution is -0.144. The second-order valence-electron chi connectivity index (χ2n) is 2.78. The molecule has 0 aromatic carbocycles. The van der Waals surface area contributed by atoms with Crippen molar-refractivity contribution < 1.29 is 9.53 Å². The monoisotopic (exact) mass is 202 g/mol. The van der Waals surface area contributed by atoms with Crippen LogP contribution in [0.1, 0.15) is 33.6 Å². The molecule has 0 saturated carbocycles. The van der Waals surface area contributed by atoms with Gasteiger partial charge in [-0.25, -0.2) is 4.79 Å². The number of carbonyl (C=O) groups is 1. The van der Waals surface area contributed by atoms with Gasteiger partial charge in [0.15, 0.2) is 0 Å². The van der Waals surface area contributed by atoms with Crippen molar-refractivity contribution in [2.45, 2.75) is 45.0 Å². The minimum Gasteiger partial charge on any atom is -0.459 e. The summed E-state index contributed by atoms with van der Waals surface area (Å²) in [6, 6.07) is 0. The molecule has 0 amide bonds. The zero-order valence-electron chi connectivity index (χ0n) is 8.49. The van der Waals surface area contributed by atoms with Crippen LogP contribution in [0.2, 0.25) is 0 Å². The third-order valence-corrected chi connectivity index (χ3v) is 1.75. The maximum absolute atomic E-state index is 10.7. The summed E-state index contributed by atoms with van der Waals surface area (Å²) in [7, 11) is 0. The smallest absolute Gasteiger partial charge is 0.330 e. The number of carbonyl (C=O) groups excluding carboxylic acids is 1. The number of hydrogen-bond acceptors (Lipinski definition) is 3. The number of thiol groups is 1. The van der Waals surface area contributed by atoms with E-state index in [1.807, 2.05) is 26.8 Å². The zero-order chi connectivity index (χ0) is 10.3. The molecule has 0 aromatic rings. The van der Waals surface area contributed by atoms with Crippen LogP contribution in [0.4, 0.5) is 0 Å². The minimum absolute atomic E-state index is 0.0417. The van der Waals surface area contributed by atoms with Gasteiger partial charge in [-0.2, -0.15) is 12.6 Å². The first-order valence-corrected chi connectivity index (χ1v) is 5.25. The molecule has 0 aromatic heterocycles. The Morgan fingerprint density at radius 1 is 1.69 bits per heavy atom.